The lowest BCUT2D eigenvalue weighted by molar-refractivity contribution is -0.149. The van der Waals surface area contributed by atoms with E-state index < -0.39 is 11.4 Å². The number of anilines is 1. The number of methoxy groups -OCH3 is 2. The molecular formula is C18H25ClN2O5. The number of hydrogen-bond donors (Lipinski definition) is 2. The largest absolute Gasteiger partial charge is 0.497 e. The van der Waals surface area contributed by atoms with Gasteiger partial charge in [-0.05, 0) is 30.9 Å². The highest BCUT2D eigenvalue weighted by Gasteiger charge is 2.54. The molecule has 1 aromatic rings. The lowest BCUT2D eigenvalue weighted by Gasteiger charge is -2.23. The van der Waals surface area contributed by atoms with Gasteiger partial charge in [0.1, 0.15) is 11.5 Å². The lowest BCUT2D eigenvalue weighted by Crippen LogP contribution is -2.37. The van der Waals surface area contributed by atoms with Gasteiger partial charge in [0.05, 0.1) is 31.9 Å². The maximum atomic E-state index is 12.4. The number of aliphatic carboxylic acids is 1. The SMILES string of the molecule is COc1ccc(NC(=O)CN2C[C@@H]3CCC[C@@]3(C(=O)O)C2)c(OC)c1.Cl. The standard InChI is InChI=1S/C18H24N2O5.ClH/c1-24-13-5-6-14(15(8-13)25-2)19-16(21)10-20-9-12-4-3-7-18(12,11-20)17(22)23;/h5-6,8,12H,3-4,7,9-11H2,1-2H3,(H,19,21)(H,22,23);1H/t12-,18+;/m0./s1. The summed E-state index contributed by atoms with van der Waals surface area (Å²) in [6, 6.07) is 5.18. The van der Waals surface area contributed by atoms with E-state index in [-0.39, 0.29) is 30.8 Å². The normalized spacial score (nSPS) is 24.5. The number of carbonyl (C=O) groups excluding carboxylic acids is 1. The Morgan fingerprint density at radius 3 is 2.73 bits per heavy atom. The summed E-state index contributed by atoms with van der Waals surface area (Å²) in [6.07, 6.45) is 2.59. The van der Waals surface area contributed by atoms with Gasteiger partial charge >= 0.3 is 5.97 Å². The number of amides is 1. The van der Waals surface area contributed by atoms with Crippen LogP contribution >= 0.6 is 12.4 Å². The molecule has 8 heteroatoms. The number of nitrogens with zero attached hydrogens (tertiary/aromatic N) is 1. The van der Waals surface area contributed by atoms with Crippen LogP contribution in [0.1, 0.15) is 19.3 Å². The van der Waals surface area contributed by atoms with Crippen molar-refractivity contribution in [3.63, 3.8) is 0 Å². The van der Waals surface area contributed by atoms with Crippen molar-refractivity contribution in [3.05, 3.63) is 18.2 Å². The maximum absolute atomic E-state index is 12.4. The molecule has 2 aliphatic rings. The molecule has 26 heavy (non-hydrogen) atoms. The van der Waals surface area contributed by atoms with Gasteiger partial charge in [-0.1, -0.05) is 6.42 Å². The Morgan fingerprint density at radius 2 is 2.12 bits per heavy atom. The average Bonchev–Trinajstić information content (AvgIpc) is 3.13. The molecule has 2 atom stereocenters. The van der Waals surface area contributed by atoms with Crippen LogP contribution in [0.25, 0.3) is 0 Å². The van der Waals surface area contributed by atoms with E-state index in [2.05, 4.69) is 5.32 Å². The summed E-state index contributed by atoms with van der Waals surface area (Å²) >= 11 is 0. The van der Waals surface area contributed by atoms with Crippen LogP contribution in [0.2, 0.25) is 0 Å². The highest BCUT2D eigenvalue weighted by Crippen LogP contribution is 2.48. The highest BCUT2D eigenvalue weighted by molar-refractivity contribution is 5.94. The van der Waals surface area contributed by atoms with E-state index in [9.17, 15) is 14.7 Å². The van der Waals surface area contributed by atoms with Gasteiger partial charge in [-0.25, -0.2) is 0 Å². The third-order valence-electron chi connectivity index (χ3n) is 5.42. The zero-order valence-electron chi connectivity index (χ0n) is 15.0. The Kier molecular flexibility index (Phi) is 6.36. The molecule has 0 spiro atoms. The predicted octanol–water partition coefficient (Wildman–Crippen LogP) is 2.25. The smallest absolute Gasteiger partial charge is 0.311 e. The van der Waals surface area contributed by atoms with Crippen LogP contribution in [0.3, 0.4) is 0 Å². The van der Waals surface area contributed by atoms with E-state index >= 15 is 0 Å². The van der Waals surface area contributed by atoms with Gasteiger partial charge in [0.15, 0.2) is 0 Å². The molecule has 1 aliphatic heterocycles. The third-order valence-corrected chi connectivity index (χ3v) is 5.42. The van der Waals surface area contributed by atoms with Gasteiger partial charge < -0.3 is 19.9 Å². The van der Waals surface area contributed by atoms with Gasteiger partial charge in [-0.2, -0.15) is 0 Å². The van der Waals surface area contributed by atoms with Crippen molar-refractivity contribution in [3.8, 4) is 11.5 Å². The second kappa shape index (κ2) is 8.14. The summed E-state index contributed by atoms with van der Waals surface area (Å²) < 4.78 is 10.4. The number of ether oxygens (including phenoxy) is 2. The van der Waals surface area contributed by atoms with Crippen LogP contribution in [0.4, 0.5) is 5.69 Å². The molecule has 1 aromatic carbocycles. The molecule has 1 saturated carbocycles. The van der Waals surface area contributed by atoms with Gasteiger partial charge in [0.25, 0.3) is 0 Å². The van der Waals surface area contributed by atoms with E-state index in [1.807, 2.05) is 4.90 Å². The molecule has 7 nitrogen and oxygen atoms in total. The molecule has 3 rings (SSSR count). The Balaban J connectivity index is 0.00000243. The molecule has 144 valence electrons. The van der Waals surface area contributed by atoms with Crippen LogP contribution in [0, 0.1) is 11.3 Å². The fourth-order valence-corrected chi connectivity index (χ4v) is 4.16. The Morgan fingerprint density at radius 1 is 1.35 bits per heavy atom. The third kappa shape index (κ3) is 3.73. The number of halogens is 1. The Bertz CT molecular complexity index is 684. The maximum Gasteiger partial charge on any atom is 0.311 e. The molecule has 1 heterocycles. The minimum absolute atomic E-state index is 0. The summed E-state index contributed by atoms with van der Waals surface area (Å²) in [6.45, 7) is 1.29. The van der Waals surface area contributed by atoms with Gasteiger partial charge in [-0.15, -0.1) is 12.4 Å². The van der Waals surface area contributed by atoms with Gasteiger partial charge in [0, 0.05) is 19.2 Å². The molecule has 0 aromatic heterocycles. The van der Waals surface area contributed by atoms with Crippen LogP contribution in [-0.4, -0.2) is 55.7 Å². The monoisotopic (exact) mass is 384 g/mol. The molecule has 0 radical (unpaired) electrons. The Hall–Kier alpha value is -1.99. The summed E-state index contributed by atoms with van der Waals surface area (Å²) in [5, 5.41) is 12.5. The molecule has 1 aliphatic carbocycles. The lowest BCUT2D eigenvalue weighted by atomic mass is 9.81. The van der Waals surface area contributed by atoms with Crippen molar-refractivity contribution in [2.24, 2.45) is 11.3 Å². The average molecular weight is 385 g/mol. The summed E-state index contributed by atoms with van der Waals surface area (Å²) in [7, 11) is 3.10. The zero-order chi connectivity index (χ0) is 18.0. The Labute approximate surface area is 159 Å². The molecule has 1 amide bonds. The summed E-state index contributed by atoms with van der Waals surface area (Å²) in [4.78, 5) is 26.1. The van der Waals surface area contributed by atoms with Crippen LogP contribution in [0.5, 0.6) is 11.5 Å². The van der Waals surface area contributed by atoms with E-state index in [0.29, 0.717) is 36.7 Å². The van der Waals surface area contributed by atoms with Crippen molar-refractivity contribution >= 4 is 30.0 Å². The number of carboxylic acids is 1. The molecule has 0 unspecified atom stereocenters. The topological polar surface area (TPSA) is 88.1 Å². The first kappa shape index (κ1) is 20.3. The number of likely N-dealkylation sites (tertiary alicyclic amines) is 1. The number of carboxylic acid groups (broad SMARTS) is 1. The molecule has 2 fully saturated rings. The molecule has 1 saturated heterocycles. The van der Waals surface area contributed by atoms with Crippen LogP contribution < -0.4 is 14.8 Å². The zero-order valence-corrected chi connectivity index (χ0v) is 15.8. The first-order chi connectivity index (χ1) is 12.0. The first-order valence-electron chi connectivity index (χ1n) is 8.46. The minimum Gasteiger partial charge on any atom is -0.497 e. The second-order valence-corrected chi connectivity index (χ2v) is 6.83. The van der Waals surface area contributed by atoms with Crippen molar-refractivity contribution < 1.29 is 24.2 Å². The number of carbonyl (C=O) groups is 2. The molecular weight excluding hydrogens is 360 g/mol. The predicted molar refractivity (Wildman–Crippen MR) is 99.3 cm³/mol. The van der Waals surface area contributed by atoms with E-state index in [1.54, 1.807) is 25.3 Å². The second-order valence-electron chi connectivity index (χ2n) is 6.83. The van der Waals surface area contributed by atoms with Gasteiger partial charge in [0.2, 0.25) is 5.91 Å². The van der Waals surface area contributed by atoms with E-state index in [0.717, 1.165) is 12.8 Å². The van der Waals surface area contributed by atoms with Crippen LogP contribution in [-0.2, 0) is 9.59 Å². The number of rotatable bonds is 6. The minimum atomic E-state index is -0.727. The first-order valence-corrected chi connectivity index (χ1v) is 8.46. The number of benzene rings is 1. The number of hydrogen-bond acceptors (Lipinski definition) is 5. The van der Waals surface area contributed by atoms with Crippen molar-refractivity contribution in [2.75, 3.05) is 39.2 Å². The quantitative estimate of drug-likeness (QED) is 0.782. The van der Waals surface area contributed by atoms with E-state index in [1.165, 1.54) is 7.11 Å². The van der Waals surface area contributed by atoms with Crippen LogP contribution in [0.15, 0.2) is 18.2 Å². The number of fused-ring (bicyclic) bond motifs is 1. The fourth-order valence-electron chi connectivity index (χ4n) is 4.16. The highest BCUT2D eigenvalue weighted by atomic mass is 35.5. The molecule has 0 bridgehead atoms. The van der Waals surface area contributed by atoms with Crippen molar-refractivity contribution in [2.45, 2.75) is 19.3 Å². The number of nitrogens with one attached hydrogen (secondary N) is 1. The molecule has 2 N–H and O–H groups in total. The van der Waals surface area contributed by atoms with Gasteiger partial charge in [-0.3, -0.25) is 14.5 Å². The van der Waals surface area contributed by atoms with Crippen molar-refractivity contribution in [1.29, 1.82) is 0 Å². The fraction of sp³-hybridized carbons (Fsp3) is 0.556. The summed E-state index contributed by atoms with van der Waals surface area (Å²) in [5.74, 6) is 0.408. The van der Waals surface area contributed by atoms with Crippen molar-refractivity contribution in [1.82, 2.24) is 4.90 Å². The summed E-state index contributed by atoms with van der Waals surface area (Å²) in [5.41, 5.74) is -0.0985. The van der Waals surface area contributed by atoms with E-state index in [4.69, 9.17) is 9.47 Å².